The van der Waals surface area contributed by atoms with Crippen molar-refractivity contribution in [2.75, 3.05) is 0 Å². The Labute approximate surface area is 118 Å². The van der Waals surface area contributed by atoms with Crippen LogP contribution in [-0.4, -0.2) is 5.91 Å². The van der Waals surface area contributed by atoms with Crippen molar-refractivity contribution in [1.82, 2.24) is 5.32 Å². The predicted octanol–water partition coefficient (Wildman–Crippen LogP) is 2.89. The van der Waals surface area contributed by atoms with Crippen LogP contribution in [0.25, 0.3) is 0 Å². The highest BCUT2D eigenvalue weighted by molar-refractivity contribution is 9.10. The number of carbonyl (C=O) groups is 1. The Hall–Kier alpha value is -1.88. The molecule has 1 unspecified atom stereocenters. The van der Waals surface area contributed by atoms with Crippen LogP contribution in [0.1, 0.15) is 28.9 Å². The van der Waals surface area contributed by atoms with Gasteiger partial charge < -0.3 is 9.73 Å². The molecule has 0 aliphatic rings. The topological polar surface area (TPSA) is 59.3 Å². The first-order valence-electron chi connectivity index (χ1n) is 5.71. The van der Waals surface area contributed by atoms with Crippen molar-refractivity contribution in [3.63, 3.8) is 0 Å². The minimum atomic E-state index is -0.475. The Bertz CT molecular complexity index is 631. The van der Waals surface area contributed by atoms with Crippen LogP contribution in [-0.2, 0) is 0 Å². The molecule has 2 rings (SSSR count). The number of halogens is 1. The molecular formula is C14H12BrNO3. The van der Waals surface area contributed by atoms with Crippen molar-refractivity contribution in [1.29, 1.82) is 0 Å². The van der Waals surface area contributed by atoms with Gasteiger partial charge in [-0.25, -0.2) is 4.79 Å². The zero-order chi connectivity index (χ0) is 13.8. The van der Waals surface area contributed by atoms with Gasteiger partial charge in [0.05, 0.1) is 11.6 Å². The minimum Gasteiger partial charge on any atom is -0.430 e. The highest BCUT2D eigenvalue weighted by atomic mass is 79.9. The van der Waals surface area contributed by atoms with Crippen LogP contribution in [0.15, 0.2) is 56.3 Å². The van der Waals surface area contributed by atoms with Crippen molar-refractivity contribution >= 4 is 21.8 Å². The molecule has 1 aromatic heterocycles. The van der Waals surface area contributed by atoms with Crippen LogP contribution in [0.4, 0.5) is 0 Å². The summed E-state index contributed by atoms with van der Waals surface area (Å²) in [5.74, 6) is -0.281. The molecule has 0 spiro atoms. The van der Waals surface area contributed by atoms with Crippen LogP contribution in [0.3, 0.4) is 0 Å². The van der Waals surface area contributed by atoms with E-state index >= 15 is 0 Å². The van der Waals surface area contributed by atoms with Crippen molar-refractivity contribution in [2.45, 2.75) is 13.0 Å². The molecule has 1 aromatic carbocycles. The molecule has 1 atom stereocenters. The fourth-order valence-electron chi connectivity index (χ4n) is 1.63. The first kappa shape index (κ1) is 13.5. The van der Waals surface area contributed by atoms with E-state index in [1.807, 2.05) is 31.2 Å². The molecule has 19 heavy (non-hydrogen) atoms. The number of amides is 1. The Morgan fingerprint density at radius 2 is 2.11 bits per heavy atom. The second kappa shape index (κ2) is 5.84. The van der Waals surface area contributed by atoms with Gasteiger partial charge in [0.2, 0.25) is 0 Å². The van der Waals surface area contributed by atoms with E-state index in [9.17, 15) is 9.59 Å². The molecule has 1 amide bonds. The van der Waals surface area contributed by atoms with E-state index in [0.29, 0.717) is 5.56 Å². The maximum Gasteiger partial charge on any atom is 0.335 e. The molecule has 0 aliphatic heterocycles. The molecule has 0 fully saturated rings. The van der Waals surface area contributed by atoms with Gasteiger partial charge in [-0.2, -0.15) is 0 Å². The molecule has 0 aliphatic carbocycles. The molecule has 5 heteroatoms. The maximum atomic E-state index is 11.9. The summed E-state index contributed by atoms with van der Waals surface area (Å²) in [4.78, 5) is 22.8. The summed E-state index contributed by atoms with van der Waals surface area (Å²) in [7, 11) is 0. The molecule has 0 bridgehead atoms. The normalized spacial score (nSPS) is 11.9. The van der Waals surface area contributed by atoms with Crippen molar-refractivity contribution in [3.8, 4) is 0 Å². The van der Waals surface area contributed by atoms with Crippen molar-refractivity contribution < 1.29 is 9.21 Å². The fraction of sp³-hybridized carbons (Fsp3) is 0.143. The van der Waals surface area contributed by atoms with Crippen molar-refractivity contribution in [3.05, 3.63) is 68.7 Å². The van der Waals surface area contributed by atoms with Gasteiger partial charge in [-0.05, 0) is 30.7 Å². The van der Waals surface area contributed by atoms with Gasteiger partial charge in [0.1, 0.15) is 6.26 Å². The number of rotatable bonds is 3. The van der Waals surface area contributed by atoms with E-state index < -0.39 is 5.63 Å². The van der Waals surface area contributed by atoms with Gasteiger partial charge in [0.25, 0.3) is 5.91 Å². The molecule has 0 saturated heterocycles. The average Bonchev–Trinajstić information content (AvgIpc) is 2.39. The van der Waals surface area contributed by atoms with E-state index in [2.05, 4.69) is 25.7 Å². The van der Waals surface area contributed by atoms with E-state index in [1.165, 1.54) is 12.1 Å². The highest BCUT2D eigenvalue weighted by Crippen LogP contribution is 2.18. The SMILES string of the molecule is CC(NC(=O)c1ccc(=O)oc1)c1cccc(Br)c1. The minimum absolute atomic E-state index is 0.142. The Morgan fingerprint density at radius 1 is 1.32 bits per heavy atom. The summed E-state index contributed by atoms with van der Waals surface area (Å²) >= 11 is 3.39. The fourth-order valence-corrected chi connectivity index (χ4v) is 2.04. The third kappa shape index (κ3) is 3.54. The largest absolute Gasteiger partial charge is 0.430 e. The first-order valence-corrected chi connectivity index (χ1v) is 6.51. The van der Waals surface area contributed by atoms with Crippen LogP contribution in [0.5, 0.6) is 0 Å². The summed E-state index contributed by atoms with van der Waals surface area (Å²) in [6.07, 6.45) is 1.16. The number of hydrogen-bond donors (Lipinski definition) is 1. The monoisotopic (exact) mass is 321 g/mol. The Morgan fingerprint density at radius 3 is 2.74 bits per heavy atom. The number of benzene rings is 1. The number of nitrogens with one attached hydrogen (secondary N) is 1. The van der Waals surface area contributed by atoms with Gasteiger partial charge >= 0.3 is 5.63 Å². The third-order valence-electron chi connectivity index (χ3n) is 2.66. The summed E-state index contributed by atoms with van der Waals surface area (Å²) in [6.45, 7) is 1.89. The second-order valence-corrected chi connectivity index (χ2v) is 5.01. The van der Waals surface area contributed by atoms with E-state index in [0.717, 1.165) is 16.3 Å². The van der Waals surface area contributed by atoms with Crippen LogP contribution in [0.2, 0.25) is 0 Å². The lowest BCUT2D eigenvalue weighted by molar-refractivity contribution is 0.0937. The number of hydrogen-bond acceptors (Lipinski definition) is 3. The summed E-state index contributed by atoms with van der Waals surface area (Å²) in [6, 6.07) is 10.2. The van der Waals surface area contributed by atoms with Gasteiger partial charge in [0.15, 0.2) is 0 Å². The molecule has 0 saturated carbocycles. The van der Waals surface area contributed by atoms with E-state index in [-0.39, 0.29) is 11.9 Å². The second-order valence-electron chi connectivity index (χ2n) is 4.09. The number of carbonyl (C=O) groups excluding carboxylic acids is 1. The summed E-state index contributed by atoms with van der Waals surface area (Å²) in [5.41, 5.74) is 0.832. The lowest BCUT2D eigenvalue weighted by Gasteiger charge is -2.14. The predicted molar refractivity (Wildman–Crippen MR) is 75.0 cm³/mol. The average molecular weight is 322 g/mol. The quantitative estimate of drug-likeness (QED) is 0.945. The standard InChI is InChI=1S/C14H12BrNO3/c1-9(10-3-2-4-12(15)7-10)16-14(18)11-5-6-13(17)19-8-11/h2-9H,1H3,(H,16,18). The van der Waals surface area contributed by atoms with Gasteiger partial charge in [0, 0.05) is 10.5 Å². The molecular weight excluding hydrogens is 310 g/mol. The Balaban J connectivity index is 2.10. The van der Waals surface area contributed by atoms with Crippen molar-refractivity contribution in [2.24, 2.45) is 0 Å². The lowest BCUT2D eigenvalue weighted by atomic mass is 10.1. The molecule has 98 valence electrons. The molecule has 1 N–H and O–H groups in total. The first-order chi connectivity index (χ1) is 9.06. The van der Waals surface area contributed by atoms with E-state index in [4.69, 9.17) is 0 Å². The smallest absolute Gasteiger partial charge is 0.335 e. The molecule has 2 aromatic rings. The van der Waals surface area contributed by atoms with Gasteiger partial charge in [-0.3, -0.25) is 4.79 Å². The van der Waals surface area contributed by atoms with Crippen LogP contribution < -0.4 is 10.9 Å². The summed E-state index contributed by atoms with van der Waals surface area (Å²) in [5, 5.41) is 2.84. The maximum absolute atomic E-state index is 11.9. The zero-order valence-corrected chi connectivity index (χ0v) is 11.8. The van der Waals surface area contributed by atoms with E-state index in [1.54, 1.807) is 0 Å². The lowest BCUT2D eigenvalue weighted by Crippen LogP contribution is -2.26. The van der Waals surface area contributed by atoms with Crippen LogP contribution >= 0.6 is 15.9 Å². The molecule has 0 radical (unpaired) electrons. The zero-order valence-electron chi connectivity index (χ0n) is 10.2. The molecule has 1 heterocycles. The third-order valence-corrected chi connectivity index (χ3v) is 3.15. The van der Waals surface area contributed by atoms with Crippen LogP contribution in [0, 0.1) is 0 Å². The molecule has 4 nitrogen and oxygen atoms in total. The summed E-state index contributed by atoms with van der Waals surface area (Å²) < 4.78 is 5.62. The highest BCUT2D eigenvalue weighted by Gasteiger charge is 2.12. The van der Waals surface area contributed by atoms with Gasteiger partial charge in [-0.15, -0.1) is 0 Å². The Kier molecular flexibility index (Phi) is 4.16. The van der Waals surface area contributed by atoms with Gasteiger partial charge in [-0.1, -0.05) is 28.1 Å².